The summed E-state index contributed by atoms with van der Waals surface area (Å²) in [5, 5.41) is 1.77. The highest BCUT2D eigenvalue weighted by molar-refractivity contribution is 7.89. The SMILES string of the molecule is C[n+]1csc(P(=O)(c2ccccc2)c2ccccc2)c1.O=S(=O)([O-])O. The Labute approximate surface area is 150 Å². The molecule has 3 aromatic rings. The number of aromatic nitrogens is 1. The van der Waals surface area contributed by atoms with E-state index in [1.54, 1.807) is 11.3 Å². The highest BCUT2D eigenvalue weighted by Crippen LogP contribution is 2.42. The number of nitrogens with zero attached hydrogens (tertiary/aromatic N) is 1. The molecule has 0 atom stereocenters. The summed E-state index contributed by atoms with van der Waals surface area (Å²) in [4.78, 5) is 0. The van der Waals surface area contributed by atoms with Crippen molar-refractivity contribution in [3.63, 3.8) is 0 Å². The minimum atomic E-state index is -4.92. The van der Waals surface area contributed by atoms with Gasteiger partial charge in [0.2, 0.25) is 15.9 Å². The van der Waals surface area contributed by atoms with Gasteiger partial charge in [-0.2, -0.15) is 4.57 Å². The molecule has 0 aliphatic carbocycles. The van der Waals surface area contributed by atoms with Crippen LogP contribution < -0.4 is 19.8 Å². The molecule has 0 aliphatic heterocycles. The van der Waals surface area contributed by atoms with E-state index in [1.807, 2.05) is 84.0 Å². The van der Waals surface area contributed by atoms with E-state index in [0.717, 1.165) is 15.2 Å². The van der Waals surface area contributed by atoms with Gasteiger partial charge < -0.3 is 9.12 Å². The Morgan fingerprint density at radius 1 is 1.00 bits per heavy atom. The number of rotatable bonds is 3. The lowest BCUT2D eigenvalue weighted by atomic mass is 10.4. The summed E-state index contributed by atoms with van der Waals surface area (Å²) in [5.41, 5.74) is 1.98. The van der Waals surface area contributed by atoms with Crippen LogP contribution in [0.5, 0.6) is 0 Å². The second-order valence-electron chi connectivity index (χ2n) is 5.06. The molecular weight excluding hydrogens is 381 g/mol. The van der Waals surface area contributed by atoms with Gasteiger partial charge in [-0.1, -0.05) is 72.0 Å². The fraction of sp³-hybridized carbons (Fsp3) is 0.0625. The molecule has 0 bridgehead atoms. The Morgan fingerprint density at radius 3 is 1.72 bits per heavy atom. The van der Waals surface area contributed by atoms with Crippen molar-refractivity contribution in [3.05, 3.63) is 72.4 Å². The molecule has 6 nitrogen and oxygen atoms in total. The maximum absolute atomic E-state index is 13.8. The van der Waals surface area contributed by atoms with Gasteiger partial charge in [-0.15, -0.1) is 0 Å². The monoisotopic (exact) mass is 397 g/mol. The van der Waals surface area contributed by atoms with Crippen molar-refractivity contribution >= 4 is 44.1 Å². The van der Waals surface area contributed by atoms with Gasteiger partial charge in [-0.05, 0) is 0 Å². The van der Waals surface area contributed by atoms with E-state index in [-0.39, 0.29) is 0 Å². The van der Waals surface area contributed by atoms with Crippen molar-refractivity contribution in [2.24, 2.45) is 7.05 Å². The highest BCUT2D eigenvalue weighted by Gasteiger charge is 2.33. The molecule has 0 unspecified atom stereocenters. The van der Waals surface area contributed by atoms with Gasteiger partial charge in [0.25, 0.3) is 0 Å². The summed E-state index contributed by atoms with van der Waals surface area (Å²) in [5.74, 6) is 0. The van der Waals surface area contributed by atoms with Crippen LogP contribution in [0.2, 0.25) is 0 Å². The summed E-state index contributed by atoms with van der Waals surface area (Å²) in [6.07, 6.45) is 1.96. The summed E-state index contributed by atoms with van der Waals surface area (Å²) in [7, 11) is -5.72. The van der Waals surface area contributed by atoms with E-state index >= 15 is 0 Å². The van der Waals surface area contributed by atoms with E-state index < -0.39 is 17.5 Å². The summed E-state index contributed by atoms with van der Waals surface area (Å²) in [6.45, 7) is 0. The molecule has 132 valence electrons. The molecule has 0 spiro atoms. The van der Waals surface area contributed by atoms with E-state index in [0.29, 0.717) is 0 Å². The maximum atomic E-state index is 13.8. The van der Waals surface area contributed by atoms with E-state index in [1.165, 1.54) is 0 Å². The Balaban J connectivity index is 0.000000399. The Kier molecular flexibility index (Phi) is 6.26. The second kappa shape index (κ2) is 8.03. The molecule has 25 heavy (non-hydrogen) atoms. The Bertz CT molecular complexity index is 921. The smallest absolute Gasteiger partial charge is 0.225 e. The molecule has 1 heterocycles. The fourth-order valence-electron chi connectivity index (χ4n) is 2.21. The lowest BCUT2D eigenvalue weighted by Crippen LogP contribution is -2.28. The van der Waals surface area contributed by atoms with Gasteiger partial charge >= 0.3 is 0 Å². The molecule has 1 aromatic heterocycles. The zero-order valence-corrected chi connectivity index (χ0v) is 15.7. The van der Waals surface area contributed by atoms with E-state index in [9.17, 15) is 4.57 Å². The van der Waals surface area contributed by atoms with Crippen LogP contribution in [0.1, 0.15) is 0 Å². The Hall–Kier alpha value is -1.83. The van der Waals surface area contributed by atoms with Crippen molar-refractivity contribution in [2.75, 3.05) is 0 Å². The van der Waals surface area contributed by atoms with Crippen LogP contribution in [0.15, 0.2) is 72.4 Å². The molecule has 2 aromatic carbocycles. The van der Waals surface area contributed by atoms with Gasteiger partial charge in [0.15, 0.2) is 13.3 Å². The molecule has 0 radical (unpaired) electrons. The molecular formula is C16H16NO5PS2. The molecule has 0 amide bonds. The Morgan fingerprint density at radius 2 is 1.40 bits per heavy atom. The van der Waals surface area contributed by atoms with Crippen LogP contribution in [0.3, 0.4) is 0 Å². The number of benzene rings is 2. The van der Waals surface area contributed by atoms with E-state index in [4.69, 9.17) is 17.5 Å². The van der Waals surface area contributed by atoms with Crippen LogP contribution in [0.4, 0.5) is 0 Å². The largest absolute Gasteiger partial charge is 0.726 e. The topological polar surface area (TPSA) is 98.4 Å². The molecule has 3 rings (SSSR count). The second-order valence-corrected chi connectivity index (χ2v) is 9.84. The van der Waals surface area contributed by atoms with Gasteiger partial charge in [-0.25, -0.2) is 8.42 Å². The third-order valence-corrected chi connectivity index (χ3v) is 7.86. The van der Waals surface area contributed by atoms with Gasteiger partial charge in [0.1, 0.15) is 11.7 Å². The lowest BCUT2D eigenvalue weighted by Gasteiger charge is -2.16. The minimum Gasteiger partial charge on any atom is -0.726 e. The predicted octanol–water partition coefficient (Wildman–Crippen LogP) is 1.22. The van der Waals surface area contributed by atoms with E-state index in [2.05, 4.69) is 0 Å². The van der Waals surface area contributed by atoms with Crippen LogP contribution in [0, 0.1) is 0 Å². The number of thiazole rings is 1. The normalized spacial score (nSPS) is 11.5. The first kappa shape index (κ1) is 19.5. The first-order valence-corrected chi connectivity index (χ1v) is 11.0. The quantitative estimate of drug-likeness (QED) is 0.310. The number of aryl methyl sites for hydroxylation is 1. The average molecular weight is 397 g/mol. The van der Waals surface area contributed by atoms with Crippen molar-refractivity contribution in [1.82, 2.24) is 0 Å². The average Bonchev–Trinajstić information content (AvgIpc) is 3.01. The van der Waals surface area contributed by atoms with Crippen LogP contribution in [0.25, 0.3) is 0 Å². The first-order chi connectivity index (χ1) is 11.7. The summed E-state index contributed by atoms with van der Waals surface area (Å²) < 4.78 is 49.5. The lowest BCUT2D eigenvalue weighted by molar-refractivity contribution is -0.665. The summed E-state index contributed by atoms with van der Waals surface area (Å²) >= 11 is 1.55. The standard InChI is InChI=1S/C16H15NOPS.H2O4S/c1-17-12-16(20-13-17)19(18,14-8-4-2-5-9-14)15-10-6-3-7-11-15;1-5(2,3)4/h2-13H,1H3;(H2,1,2,3,4)/q+1;/p-1. The van der Waals surface area contributed by atoms with Crippen molar-refractivity contribution in [3.8, 4) is 0 Å². The van der Waals surface area contributed by atoms with Gasteiger partial charge in [0, 0.05) is 10.6 Å². The third-order valence-electron chi connectivity index (χ3n) is 3.20. The number of hydrogen-bond acceptors (Lipinski definition) is 5. The molecule has 0 saturated heterocycles. The number of hydrogen-bond donors (Lipinski definition) is 1. The van der Waals surface area contributed by atoms with Crippen molar-refractivity contribution in [2.45, 2.75) is 0 Å². The molecule has 1 N–H and O–H groups in total. The maximum Gasteiger partial charge on any atom is 0.225 e. The fourth-order valence-corrected chi connectivity index (χ4v) is 6.47. The molecule has 0 fully saturated rings. The molecule has 9 heteroatoms. The van der Waals surface area contributed by atoms with Crippen LogP contribution >= 0.6 is 18.5 Å². The minimum absolute atomic E-state index is 0.883. The highest BCUT2D eigenvalue weighted by atomic mass is 32.3. The zero-order chi connectivity index (χ0) is 18.5. The van der Waals surface area contributed by atoms with Gasteiger partial charge in [-0.3, -0.25) is 4.55 Å². The molecule has 0 aliphatic rings. The summed E-state index contributed by atoms with van der Waals surface area (Å²) in [6, 6.07) is 19.5. The predicted molar refractivity (Wildman–Crippen MR) is 97.2 cm³/mol. The first-order valence-electron chi connectivity index (χ1n) is 7.05. The van der Waals surface area contributed by atoms with Crippen molar-refractivity contribution < 1.29 is 26.7 Å². The zero-order valence-electron chi connectivity index (χ0n) is 13.2. The van der Waals surface area contributed by atoms with Crippen LogP contribution in [-0.2, 0) is 22.0 Å². The van der Waals surface area contributed by atoms with Crippen molar-refractivity contribution in [1.29, 1.82) is 0 Å². The van der Waals surface area contributed by atoms with Gasteiger partial charge in [0.05, 0.1) is 0 Å². The third kappa shape index (κ3) is 5.32. The molecule has 0 saturated carbocycles. The van der Waals surface area contributed by atoms with Crippen LogP contribution in [-0.4, -0.2) is 17.5 Å².